The van der Waals surface area contributed by atoms with Gasteiger partial charge >= 0.3 is 15.6 Å². The van der Waals surface area contributed by atoms with Gasteiger partial charge in [-0.05, 0) is 16.8 Å². The van der Waals surface area contributed by atoms with Gasteiger partial charge < -0.3 is 0 Å². The summed E-state index contributed by atoms with van der Waals surface area (Å²) in [6.45, 7) is 2.81. The molecular formula is C8H12F4NO3S+. The maximum absolute atomic E-state index is 14.0. The smallest absolute Gasteiger partial charge is 0.184 e. The van der Waals surface area contributed by atoms with Crippen LogP contribution in [0.4, 0.5) is 17.7 Å². The van der Waals surface area contributed by atoms with E-state index >= 15 is 0 Å². The lowest BCUT2D eigenvalue weighted by Crippen LogP contribution is -2.53. The lowest BCUT2D eigenvalue weighted by atomic mass is 10.0. The van der Waals surface area contributed by atoms with Crippen molar-refractivity contribution in [1.29, 1.82) is 0 Å². The Bertz CT molecular complexity index is 394. The van der Waals surface area contributed by atoms with Crippen LogP contribution >= 0.6 is 0 Å². The first-order valence-corrected chi connectivity index (χ1v) is 6.26. The molecule has 0 aliphatic carbocycles. The SMILES string of the molecule is C=CC1CCCC[N+]1(F)OS(=O)(=O)C(F)(F)F. The largest absolute Gasteiger partial charge is 0.528 e. The maximum Gasteiger partial charge on any atom is 0.528 e. The molecular weight excluding hydrogens is 266 g/mol. The highest BCUT2D eigenvalue weighted by atomic mass is 32.2. The van der Waals surface area contributed by atoms with E-state index < -0.39 is 33.1 Å². The van der Waals surface area contributed by atoms with E-state index in [0.717, 1.165) is 6.08 Å². The van der Waals surface area contributed by atoms with Gasteiger partial charge in [-0.25, -0.2) is 0 Å². The van der Waals surface area contributed by atoms with Gasteiger partial charge in [0, 0.05) is 22.2 Å². The zero-order chi connectivity index (χ0) is 13.3. The van der Waals surface area contributed by atoms with Gasteiger partial charge in [0.2, 0.25) is 0 Å². The first-order valence-electron chi connectivity index (χ1n) is 4.85. The predicted octanol–water partition coefficient (Wildman–Crippen LogP) is 2.21. The van der Waals surface area contributed by atoms with E-state index in [4.69, 9.17) is 0 Å². The van der Waals surface area contributed by atoms with Crippen molar-refractivity contribution in [2.75, 3.05) is 6.54 Å². The van der Waals surface area contributed by atoms with Crippen molar-refractivity contribution in [2.24, 2.45) is 0 Å². The van der Waals surface area contributed by atoms with Crippen LogP contribution in [0, 0.1) is 0 Å². The predicted molar refractivity (Wildman–Crippen MR) is 50.1 cm³/mol. The molecule has 100 valence electrons. The minimum Gasteiger partial charge on any atom is -0.184 e. The van der Waals surface area contributed by atoms with Crippen LogP contribution in [0.15, 0.2) is 12.7 Å². The summed E-state index contributed by atoms with van der Waals surface area (Å²) in [6.07, 6.45) is 2.07. The van der Waals surface area contributed by atoms with Gasteiger partial charge in [-0.3, -0.25) is 0 Å². The third-order valence-corrected chi connectivity index (χ3v) is 3.50. The third kappa shape index (κ3) is 2.96. The maximum atomic E-state index is 14.0. The van der Waals surface area contributed by atoms with Crippen LogP contribution in [0.25, 0.3) is 0 Å². The molecule has 0 spiro atoms. The fourth-order valence-electron chi connectivity index (χ4n) is 1.61. The van der Waals surface area contributed by atoms with Gasteiger partial charge in [-0.1, -0.05) is 6.58 Å². The van der Waals surface area contributed by atoms with Gasteiger partial charge in [0.15, 0.2) is 12.6 Å². The standard InChI is InChI=1S/C8H12F4NO3S/c1-2-7-5-3-4-6-13(7,12)16-17(14,15)8(9,10)11/h2,7H,1,3-6H2/q+1. The van der Waals surface area contributed by atoms with Crippen molar-refractivity contribution in [2.45, 2.75) is 30.8 Å². The second-order valence-electron chi connectivity index (χ2n) is 3.70. The Labute approximate surface area is 96.1 Å². The van der Waals surface area contributed by atoms with E-state index in [0.29, 0.717) is 6.42 Å². The van der Waals surface area contributed by atoms with Gasteiger partial charge in [0.1, 0.15) is 0 Å². The van der Waals surface area contributed by atoms with E-state index in [-0.39, 0.29) is 12.8 Å². The number of hydrogen-bond acceptors (Lipinski definition) is 3. The number of hydrogen-bond donors (Lipinski definition) is 0. The van der Waals surface area contributed by atoms with E-state index in [9.17, 15) is 26.1 Å². The molecule has 1 fully saturated rings. The Morgan fingerprint density at radius 3 is 2.41 bits per heavy atom. The number of nitrogens with zero attached hydrogens (tertiary/aromatic N) is 1. The highest BCUT2D eigenvalue weighted by molar-refractivity contribution is 7.87. The minimum absolute atomic E-state index is 0.188. The highest BCUT2D eigenvalue weighted by Gasteiger charge is 2.57. The number of hydroxylamine groups is 2. The molecule has 4 nitrogen and oxygen atoms in total. The van der Waals surface area contributed by atoms with E-state index in [1.54, 1.807) is 0 Å². The van der Waals surface area contributed by atoms with Gasteiger partial charge in [0.05, 0.1) is 0 Å². The van der Waals surface area contributed by atoms with Crippen molar-refractivity contribution >= 4 is 10.1 Å². The van der Waals surface area contributed by atoms with Crippen LogP contribution in [0.3, 0.4) is 0 Å². The average Bonchev–Trinajstić information content (AvgIpc) is 2.15. The van der Waals surface area contributed by atoms with Crippen molar-refractivity contribution in [1.82, 2.24) is 0 Å². The summed E-state index contributed by atoms with van der Waals surface area (Å²) in [6, 6.07) is -1.11. The van der Waals surface area contributed by atoms with Crippen molar-refractivity contribution < 1.29 is 35.2 Å². The van der Waals surface area contributed by atoms with E-state index in [1.165, 1.54) is 0 Å². The molecule has 1 aliphatic rings. The molecule has 1 heterocycles. The zero-order valence-electron chi connectivity index (χ0n) is 8.78. The van der Waals surface area contributed by atoms with Crippen molar-refractivity contribution in [3.63, 3.8) is 0 Å². The molecule has 9 heteroatoms. The van der Waals surface area contributed by atoms with Crippen LogP contribution in [0.2, 0.25) is 0 Å². The Morgan fingerprint density at radius 1 is 1.35 bits per heavy atom. The minimum atomic E-state index is -5.95. The van der Waals surface area contributed by atoms with Crippen LogP contribution in [-0.2, 0) is 14.4 Å². The van der Waals surface area contributed by atoms with E-state index in [1.807, 2.05) is 0 Å². The highest BCUT2D eigenvalue weighted by Crippen LogP contribution is 2.34. The molecule has 0 aromatic rings. The molecule has 1 saturated heterocycles. The van der Waals surface area contributed by atoms with Crippen molar-refractivity contribution in [3.05, 3.63) is 12.7 Å². The van der Waals surface area contributed by atoms with Crippen molar-refractivity contribution in [3.8, 4) is 0 Å². The lowest BCUT2D eigenvalue weighted by molar-refractivity contribution is -1.20. The Balaban J connectivity index is 2.95. The van der Waals surface area contributed by atoms with Crippen LogP contribution in [0.5, 0.6) is 0 Å². The Morgan fingerprint density at radius 2 is 1.94 bits per heavy atom. The molecule has 0 amide bonds. The lowest BCUT2D eigenvalue weighted by Gasteiger charge is -2.31. The second kappa shape index (κ2) is 4.54. The number of alkyl halides is 3. The Hall–Kier alpha value is -0.670. The summed E-state index contributed by atoms with van der Waals surface area (Å²) in [4.78, 5) is -2.12. The number of rotatable bonds is 3. The summed E-state index contributed by atoms with van der Waals surface area (Å²) < 4.78 is 75.4. The van der Waals surface area contributed by atoms with Gasteiger partial charge in [-0.15, -0.1) is 0 Å². The Kier molecular flexibility index (Phi) is 3.84. The summed E-state index contributed by atoms with van der Waals surface area (Å²) in [5, 5.41) is 0. The molecule has 0 aromatic heterocycles. The molecule has 0 saturated carbocycles. The number of halogens is 4. The monoisotopic (exact) mass is 278 g/mol. The first-order chi connectivity index (χ1) is 7.62. The summed E-state index contributed by atoms with van der Waals surface area (Å²) in [5.74, 6) is 0. The fourth-order valence-corrected chi connectivity index (χ4v) is 2.21. The third-order valence-electron chi connectivity index (χ3n) is 2.49. The molecule has 0 aromatic carbocycles. The average molecular weight is 278 g/mol. The molecule has 17 heavy (non-hydrogen) atoms. The molecule has 0 N–H and O–H groups in total. The topological polar surface area (TPSA) is 43.4 Å². The number of piperidine rings is 1. The molecule has 0 bridgehead atoms. The molecule has 2 unspecified atom stereocenters. The van der Waals surface area contributed by atoms with Crippen LogP contribution in [-0.4, -0.2) is 31.4 Å². The molecule has 1 aliphatic heterocycles. The normalized spacial score (nSPS) is 31.2. The summed E-state index contributed by atoms with van der Waals surface area (Å²) in [7, 11) is -5.95. The second-order valence-corrected chi connectivity index (χ2v) is 5.22. The van der Waals surface area contributed by atoms with Gasteiger partial charge in [0.25, 0.3) is 0 Å². The van der Waals surface area contributed by atoms with E-state index in [2.05, 4.69) is 10.9 Å². The van der Waals surface area contributed by atoms with Crippen LogP contribution in [0.1, 0.15) is 19.3 Å². The van der Waals surface area contributed by atoms with Crippen LogP contribution < -0.4 is 0 Å². The molecule has 2 atom stereocenters. The summed E-state index contributed by atoms with van der Waals surface area (Å²) >= 11 is 0. The quantitative estimate of drug-likeness (QED) is 0.344. The molecule has 0 radical (unpaired) electrons. The van der Waals surface area contributed by atoms with Gasteiger partial charge in [-0.2, -0.15) is 21.6 Å². The fraction of sp³-hybridized carbons (Fsp3) is 0.750. The molecule has 1 rings (SSSR count). The first kappa shape index (κ1) is 14.4. The number of quaternary nitrogens is 1. The summed E-state index contributed by atoms with van der Waals surface area (Å²) in [5.41, 5.74) is -5.63. The zero-order valence-corrected chi connectivity index (χ0v) is 9.60.